The molecule has 11 heteroatoms. The maximum absolute atomic E-state index is 13.1. The van der Waals surface area contributed by atoms with Crippen molar-refractivity contribution in [2.24, 2.45) is 0 Å². The Labute approximate surface area is 210 Å². The van der Waals surface area contributed by atoms with Crippen LogP contribution in [0.25, 0.3) is 0 Å². The van der Waals surface area contributed by atoms with Gasteiger partial charge in [-0.15, -0.1) is 0 Å². The second-order valence-electron chi connectivity index (χ2n) is 9.91. The molecular formula is C26H27F5N4O2. The number of ether oxygens (including phenoxy) is 1. The number of anilines is 1. The number of carbonyl (C=O) groups is 1. The van der Waals surface area contributed by atoms with Crippen molar-refractivity contribution in [1.29, 1.82) is 0 Å². The van der Waals surface area contributed by atoms with Crippen LogP contribution in [0.15, 0.2) is 60.8 Å². The van der Waals surface area contributed by atoms with Gasteiger partial charge in [-0.2, -0.15) is 27.1 Å². The molecule has 3 aromatic rings. The second kappa shape index (κ2) is 10.1. The maximum atomic E-state index is 13.1. The van der Waals surface area contributed by atoms with E-state index in [2.05, 4.69) is 15.4 Å². The Bertz CT molecular complexity index is 1220. The molecule has 1 aliphatic rings. The van der Waals surface area contributed by atoms with Gasteiger partial charge in [-0.25, -0.2) is 0 Å². The van der Waals surface area contributed by atoms with Crippen LogP contribution in [-0.2, 0) is 16.5 Å². The van der Waals surface area contributed by atoms with Crippen LogP contribution < -0.4 is 15.4 Å². The molecule has 1 fully saturated rings. The van der Waals surface area contributed by atoms with E-state index in [1.54, 1.807) is 0 Å². The lowest BCUT2D eigenvalue weighted by Crippen LogP contribution is -2.36. The first-order valence-electron chi connectivity index (χ1n) is 11.7. The van der Waals surface area contributed by atoms with Gasteiger partial charge in [0.2, 0.25) is 5.91 Å². The lowest BCUT2D eigenvalue weighted by molar-refractivity contribution is -0.137. The molecule has 3 atom stereocenters. The number of carbonyl (C=O) groups excluding carboxylic acids is 1. The summed E-state index contributed by atoms with van der Waals surface area (Å²) < 4.78 is 70.1. The molecule has 0 aliphatic carbocycles. The predicted octanol–water partition coefficient (Wildman–Crippen LogP) is 6.08. The first-order chi connectivity index (χ1) is 17.3. The highest BCUT2D eigenvalue weighted by atomic mass is 19.4. The van der Waals surface area contributed by atoms with E-state index in [1.165, 1.54) is 36.4 Å². The van der Waals surface area contributed by atoms with Crippen LogP contribution >= 0.6 is 0 Å². The van der Waals surface area contributed by atoms with Crippen LogP contribution in [0.5, 0.6) is 5.75 Å². The minimum atomic E-state index is -4.45. The molecule has 1 aromatic heterocycles. The molecule has 0 radical (unpaired) electrons. The zero-order chi connectivity index (χ0) is 27.0. The third-order valence-electron chi connectivity index (χ3n) is 6.21. The molecule has 37 heavy (non-hydrogen) atoms. The second-order valence-corrected chi connectivity index (χ2v) is 9.91. The minimum absolute atomic E-state index is 0.0381. The van der Waals surface area contributed by atoms with Gasteiger partial charge >= 0.3 is 12.8 Å². The number of nitrogens with zero attached hydrogens (tertiary/aromatic N) is 2. The predicted molar refractivity (Wildman–Crippen MR) is 127 cm³/mol. The molecule has 1 saturated heterocycles. The fourth-order valence-electron chi connectivity index (χ4n) is 4.33. The quantitative estimate of drug-likeness (QED) is 0.385. The van der Waals surface area contributed by atoms with Gasteiger partial charge in [0.15, 0.2) is 0 Å². The normalized spacial score (nSPS) is 20.3. The van der Waals surface area contributed by atoms with Crippen LogP contribution in [0, 0.1) is 0 Å². The average Bonchev–Trinajstić information content (AvgIpc) is 3.47. The summed E-state index contributed by atoms with van der Waals surface area (Å²) in [6.07, 6.45) is -2.26. The summed E-state index contributed by atoms with van der Waals surface area (Å²) >= 11 is 0. The number of halogens is 5. The van der Waals surface area contributed by atoms with E-state index in [1.807, 2.05) is 37.7 Å². The highest BCUT2D eigenvalue weighted by Crippen LogP contribution is 2.41. The number of rotatable bonds is 6. The summed E-state index contributed by atoms with van der Waals surface area (Å²) in [6, 6.07) is 11.1. The molecule has 2 N–H and O–H groups in total. The van der Waals surface area contributed by atoms with Crippen molar-refractivity contribution in [2.45, 2.75) is 63.5 Å². The minimum Gasteiger partial charge on any atom is -0.435 e. The van der Waals surface area contributed by atoms with E-state index in [9.17, 15) is 26.7 Å². The number of nitrogens with one attached hydrogen (secondary N) is 2. The van der Waals surface area contributed by atoms with Gasteiger partial charge in [0.05, 0.1) is 22.8 Å². The summed E-state index contributed by atoms with van der Waals surface area (Å²) in [5.41, 5.74) is 0.685. The lowest BCUT2D eigenvalue weighted by atomic mass is 9.90. The lowest BCUT2D eigenvalue weighted by Gasteiger charge is -2.21. The van der Waals surface area contributed by atoms with Crippen molar-refractivity contribution in [2.75, 3.05) is 5.32 Å². The fourth-order valence-corrected chi connectivity index (χ4v) is 4.33. The number of amides is 1. The number of hydrogen-bond acceptors (Lipinski definition) is 4. The first-order valence-corrected chi connectivity index (χ1v) is 11.7. The molecule has 2 heterocycles. The monoisotopic (exact) mass is 522 g/mol. The molecule has 6 nitrogen and oxygen atoms in total. The number of benzene rings is 2. The van der Waals surface area contributed by atoms with Gasteiger partial charge in [-0.3, -0.25) is 14.8 Å². The van der Waals surface area contributed by atoms with Crippen LogP contribution in [-0.4, -0.2) is 28.3 Å². The van der Waals surface area contributed by atoms with Crippen LogP contribution in [0.4, 0.5) is 27.6 Å². The number of aromatic nitrogens is 2. The van der Waals surface area contributed by atoms with E-state index >= 15 is 0 Å². The maximum Gasteiger partial charge on any atom is 0.416 e. The summed E-state index contributed by atoms with van der Waals surface area (Å²) in [7, 11) is 0. The van der Waals surface area contributed by atoms with Crippen LogP contribution in [0.2, 0.25) is 0 Å². The van der Waals surface area contributed by atoms with E-state index in [4.69, 9.17) is 5.10 Å². The third kappa shape index (κ3) is 6.27. The first kappa shape index (κ1) is 26.6. The highest BCUT2D eigenvalue weighted by Gasteiger charge is 2.41. The van der Waals surface area contributed by atoms with Crippen molar-refractivity contribution in [1.82, 2.24) is 15.1 Å². The molecule has 1 aliphatic heterocycles. The standard InChI is InChI=1S/C26H27F5N4O2/c1-25(2,3)35-13-12-20(34-35)19-14-21(23(36)32-17-8-10-18(11-9-17)37-24(27)28)33-22(19)15-4-6-16(7-5-15)26(29,30)31/h4-13,19,21-22,24,33H,14H2,1-3H3,(H,32,36)/t19-,21-,22-/m0/s1. The average molecular weight is 523 g/mol. The van der Waals surface area contributed by atoms with Gasteiger partial charge < -0.3 is 10.1 Å². The Hall–Kier alpha value is -3.47. The van der Waals surface area contributed by atoms with E-state index in [0.717, 1.165) is 17.8 Å². The zero-order valence-corrected chi connectivity index (χ0v) is 20.4. The largest absolute Gasteiger partial charge is 0.435 e. The molecule has 4 rings (SSSR count). The fraction of sp³-hybridized carbons (Fsp3) is 0.385. The Morgan fingerprint density at radius 1 is 1.05 bits per heavy atom. The van der Waals surface area contributed by atoms with Gasteiger partial charge in [-0.05, 0) is 75.2 Å². The van der Waals surface area contributed by atoms with Crippen molar-refractivity contribution in [3.05, 3.63) is 77.6 Å². The summed E-state index contributed by atoms with van der Waals surface area (Å²) in [5.74, 6) is -0.682. The molecular weight excluding hydrogens is 495 g/mol. The van der Waals surface area contributed by atoms with Crippen LogP contribution in [0.3, 0.4) is 0 Å². The molecule has 0 unspecified atom stereocenters. The molecule has 198 valence electrons. The Morgan fingerprint density at radius 3 is 2.24 bits per heavy atom. The van der Waals surface area contributed by atoms with Crippen molar-refractivity contribution in [3.8, 4) is 5.75 Å². The Kier molecular flexibility index (Phi) is 7.27. The van der Waals surface area contributed by atoms with Crippen molar-refractivity contribution >= 4 is 11.6 Å². The van der Waals surface area contributed by atoms with E-state index in [0.29, 0.717) is 17.7 Å². The van der Waals surface area contributed by atoms with Gasteiger partial charge in [0, 0.05) is 23.8 Å². The molecule has 2 aromatic carbocycles. The summed E-state index contributed by atoms with van der Waals surface area (Å²) in [4.78, 5) is 13.1. The summed E-state index contributed by atoms with van der Waals surface area (Å²) in [6.45, 7) is 3.04. The summed E-state index contributed by atoms with van der Waals surface area (Å²) in [5, 5.41) is 10.7. The number of hydrogen-bond donors (Lipinski definition) is 2. The molecule has 1 amide bonds. The van der Waals surface area contributed by atoms with Gasteiger partial charge in [0.1, 0.15) is 5.75 Å². The zero-order valence-electron chi connectivity index (χ0n) is 20.4. The topological polar surface area (TPSA) is 68.2 Å². The van der Waals surface area contributed by atoms with Crippen molar-refractivity contribution < 1.29 is 31.5 Å². The van der Waals surface area contributed by atoms with E-state index in [-0.39, 0.29) is 23.1 Å². The molecule has 0 spiro atoms. The third-order valence-corrected chi connectivity index (χ3v) is 6.21. The van der Waals surface area contributed by atoms with Gasteiger partial charge in [0.25, 0.3) is 0 Å². The molecule has 0 bridgehead atoms. The van der Waals surface area contributed by atoms with Crippen LogP contribution in [0.1, 0.15) is 56.0 Å². The van der Waals surface area contributed by atoms with Gasteiger partial charge in [-0.1, -0.05) is 12.1 Å². The smallest absolute Gasteiger partial charge is 0.416 e. The Morgan fingerprint density at radius 2 is 1.70 bits per heavy atom. The Balaban J connectivity index is 1.56. The number of alkyl halides is 5. The molecule has 0 saturated carbocycles. The SMILES string of the molecule is CC(C)(C)n1ccc([C@@H]2C[C@@H](C(=O)Nc3ccc(OC(F)F)cc3)N[C@H]2c2ccc(C(F)(F)F)cc2)n1. The van der Waals surface area contributed by atoms with E-state index < -0.39 is 30.4 Å². The highest BCUT2D eigenvalue weighted by molar-refractivity contribution is 5.95. The van der Waals surface area contributed by atoms with Crippen molar-refractivity contribution in [3.63, 3.8) is 0 Å².